The van der Waals surface area contributed by atoms with Gasteiger partial charge >= 0.3 is 23.9 Å². The predicted octanol–water partition coefficient (Wildman–Crippen LogP) is 32.3. The number of nitrogens with zero attached hydrogens (tertiary/aromatic N) is 2. The lowest BCUT2D eigenvalue weighted by molar-refractivity contribution is -0.181. The molecule has 728 valence electrons. The van der Waals surface area contributed by atoms with Crippen LogP contribution in [0.3, 0.4) is 0 Å². The molecule has 2 rings (SSSR count). The fraction of sp³-hybridized carbons (Fsp3) is 0.964. The highest BCUT2D eigenvalue weighted by Gasteiger charge is 2.41. The van der Waals surface area contributed by atoms with Gasteiger partial charge in [0, 0.05) is 70.9 Å². The molecule has 2 saturated heterocycles. The van der Waals surface area contributed by atoms with E-state index in [4.69, 9.17) is 33.2 Å². The molecule has 2 aliphatic rings. The van der Waals surface area contributed by atoms with Crippen molar-refractivity contribution in [1.29, 1.82) is 0 Å². The van der Waals surface area contributed by atoms with Crippen LogP contribution in [-0.4, -0.2) is 131 Å². The summed E-state index contributed by atoms with van der Waals surface area (Å²) in [4.78, 5) is 57.0. The Balaban J connectivity index is 1.76. The molecule has 2 heterocycles. The smallest absolute Gasteiger partial charge is 0.305 e. The van der Waals surface area contributed by atoms with E-state index >= 15 is 0 Å². The normalized spacial score (nSPS) is 16.3. The predicted molar refractivity (Wildman–Crippen MR) is 524 cm³/mol. The molecule has 0 bridgehead atoms. The fourth-order valence-electron chi connectivity index (χ4n) is 19.8. The van der Waals surface area contributed by atoms with Crippen molar-refractivity contribution in [2.45, 2.75) is 562 Å². The lowest BCUT2D eigenvalue weighted by atomic mass is 9.75. The van der Waals surface area contributed by atoms with Gasteiger partial charge in [-0.25, -0.2) is 0 Å². The van der Waals surface area contributed by atoms with Crippen LogP contribution in [0.15, 0.2) is 0 Å². The van der Waals surface area contributed by atoms with Crippen molar-refractivity contribution in [3.8, 4) is 0 Å². The Labute approximate surface area is 764 Å². The molecule has 0 N–H and O–H groups in total. The van der Waals surface area contributed by atoms with E-state index in [9.17, 15) is 19.2 Å². The third-order valence-electron chi connectivity index (χ3n) is 28.6. The molecule has 2 fully saturated rings. The summed E-state index contributed by atoms with van der Waals surface area (Å²) < 4.78 is 43.7. The van der Waals surface area contributed by atoms with Gasteiger partial charge in [-0.2, -0.15) is 0 Å². The summed E-state index contributed by atoms with van der Waals surface area (Å²) in [7, 11) is 2.19. The number of esters is 4. The molecule has 0 amide bonds. The number of hydrogen-bond donors (Lipinski definition) is 0. The molecule has 0 aliphatic carbocycles. The average Bonchev–Trinajstić information content (AvgIpc) is 1.69. The van der Waals surface area contributed by atoms with Crippen LogP contribution in [-0.2, 0) is 52.3 Å². The molecule has 0 radical (unpaired) electrons. The summed E-state index contributed by atoms with van der Waals surface area (Å²) in [5.41, 5.74) is 0. The first kappa shape index (κ1) is 117. The summed E-state index contributed by atoms with van der Waals surface area (Å²) >= 11 is 0. The van der Waals surface area contributed by atoms with Crippen LogP contribution >= 0.6 is 0 Å². The minimum Gasteiger partial charge on any atom is -0.466 e. The number of carbonyl (C=O) groups is 4. The Morgan fingerprint density at radius 3 is 1.04 bits per heavy atom. The van der Waals surface area contributed by atoms with Crippen molar-refractivity contribution in [1.82, 2.24) is 9.80 Å². The van der Waals surface area contributed by atoms with E-state index in [-0.39, 0.29) is 30.0 Å². The molecule has 6 atom stereocenters. The second-order valence-electron chi connectivity index (χ2n) is 40.3. The lowest BCUT2D eigenvalue weighted by Gasteiger charge is -2.32. The monoisotopic (exact) mass is 1740 g/mol. The molecule has 0 aromatic rings. The van der Waals surface area contributed by atoms with Gasteiger partial charge in [-0.15, -0.1) is 0 Å². The third-order valence-corrected chi connectivity index (χ3v) is 28.6. The number of unbranched alkanes of at least 4 members (excludes halogenated alkanes) is 38. The van der Waals surface area contributed by atoms with Crippen molar-refractivity contribution < 1.29 is 52.3 Å². The van der Waals surface area contributed by atoms with Gasteiger partial charge in [-0.3, -0.25) is 19.2 Å². The van der Waals surface area contributed by atoms with Crippen LogP contribution in [0, 0.1) is 41.4 Å². The first-order valence-corrected chi connectivity index (χ1v) is 55.1. The minimum atomic E-state index is -0.468. The first-order valence-electron chi connectivity index (χ1n) is 55.1. The molecule has 6 unspecified atom stereocenters. The van der Waals surface area contributed by atoms with E-state index in [0.29, 0.717) is 106 Å². The summed E-state index contributed by atoms with van der Waals surface area (Å²) in [5, 5.41) is 0. The van der Waals surface area contributed by atoms with E-state index in [1.807, 2.05) is 0 Å². The Hall–Kier alpha value is -2.32. The maximum atomic E-state index is 13.6. The highest BCUT2D eigenvalue weighted by Crippen LogP contribution is 2.38. The zero-order valence-corrected chi connectivity index (χ0v) is 84.2. The summed E-state index contributed by atoms with van der Waals surface area (Å²) in [6.07, 6.45) is 86.6. The molecule has 13 heteroatoms. The molecule has 0 spiro atoms. The summed E-state index contributed by atoms with van der Waals surface area (Å²) in [6.45, 7) is 32.4. The maximum Gasteiger partial charge on any atom is 0.305 e. The van der Waals surface area contributed by atoms with Crippen LogP contribution in [0.2, 0.25) is 0 Å². The average molecular weight is 1740 g/mol. The molecular weight excluding hydrogens is 1530 g/mol. The third kappa shape index (κ3) is 69.3. The largest absolute Gasteiger partial charge is 0.466 e. The maximum absolute atomic E-state index is 13.6. The molecule has 0 saturated carbocycles. The van der Waals surface area contributed by atoms with Gasteiger partial charge in [-0.05, 0) is 165 Å². The topological polar surface area (TPSA) is 139 Å². The lowest BCUT2D eigenvalue weighted by Crippen LogP contribution is -2.37. The number of ether oxygens (including phenoxy) is 7. The molecular formula is C110H212N2O11. The van der Waals surface area contributed by atoms with Gasteiger partial charge in [0.1, 0.15) is 0 Å². The quantitative estimate of drug-likeness (QED) is 0.0325. The molecule has 2 aliphatic heterocycles. The van der Waals surface area contributed by atoms with Crippen molar-refractivity contribution in [3.05, 3.63) is 0 Å². The fourth-order valence-corrected chi connectivity index (χ4v) is 19.8. The zero-order chi connectivity index (χ0) is 89.2. The second kappa shape index (κ2) is 85.2. The Morgan fingerprint density at radius 2 is 0.667 bits per heavy atom. The number of likely N-dealkylation sites (tertiary alicyclic amines) is 1. The number of likely N-dealkylation sites (N-methyl/N-ethyl adjacent to an activating group) is 1. The SMILES string of the molecule is CCCCCC(CCCCC)CCOC(=O)CCCCCCCCCC(CCCCCCCCCC(=O)OCC(C(C)CCCC(CCCCC)CCOC(=O)CCCCCCCCCC1(CCCCCCCCCC(=O)OCCC(CCCCC)CCCCC)OCC(CN(C)C(C)C)O1)C(CCCCC)CCCCC)COCCCN1CCCCC1. The van der Waals surface area contributed by atoms with Gasteiger partial charge in [0.25, 0.3) is 0 Å². The number of rotatable bonds is 94. The van der Waals surface area contributed by atoms with Crippen molar-refractivity contribution in [3.63, 3.8) is 0 Å². The zero-order valence-electron chi connectivity index (χ0n) is 84.2. The van der Waals surface area contributed by atoms with Gasteiger partial charge in [0.05, 0.1) is 39.1 Å². The molecule has 13 nitrogen and oxygen atoms in total. The van der Waals surface area contributed by atoms with Gasteiger partial charge in [0.15, 0.2) is 5.79 Å². The summed E-state index contributed by atoms with van der Waals surface area (Å²) in [6, 6.07) is 0.469. The van der Waals surface area contributed by atoms with Crippen molar-refractivity contribution in [2.75, 3.05) is 79.5 Å². The highest BCUT2D eigenvalue weighted by atomic mass is 16.7. The van der Waals surface area contributed by atoms with Crippen LogP contribution in [0.1, 0.15) is 544 Å². The van der Waals surface area contributed by atoms with E-state index in [1.165, 1.54) is 354 Å². The van der Waals surface area contributed by atoms with E-state index in [0.717, 1.165) is 135 Å². The van der Waals surface area contributed by atoms with Gasteiger partial charge in [-0.1, -0.05) is 402 Å². The molecule has 0 aromatic carbocycles. The Kier molecular flexibility index (Phi) is 80.8. The summed E-state index contributed by atoms with van der Waals surface area (Å²) in [5.74, 6) is 3.62. The Morgan fingerprint density at radius 1 is 0.341 bits per heavy atom. The minimum absolute atomic E-state index is 0.00587. The number of carbonyl (C=O) groups excluding carboxylic acids is 4. The number of piperidine rings is 1. The van der Waals surface area contributed by atoms with Crippen molar-refractivity contribution in [2.24, 2.45) is 41.4 Å². The second-order valence-corrected chi connectivity index (χ2v) is 40.3. The van der Waals surface area contributed by atoms with Crippen LogP contribution < -0.4 is 0 Å². The van der Waals surface area contributed by atoms with Crippen LogP contribution in [0.25, 0.3) is 0 Å². The molecule has 123 heavy (non-hydrogen) atoms. The van der Waals surface area contributed by atoms with Crippen molar-refractivity contribution >= 4 is 23.9 Å². The Bertz CT molecular complexity index is 2270. The molecule has 0 aromatic heterocycles. The van der Waals surface area contributed by atoms with Crippen LogP contribution in [0.5, 0.6) is 0 Å². The van der Waals surface area contributed by atoms with Gasteiger partial charge < -0.3 is 43.0 Å². The van der Waals surface area contributed by atoms with Crippen LogP contribution in [0.4, 0.5) is 0 Å². The first-order chi connectivity index (χ1) is 60.1. The highest BCUT2D eigenvalue weighted by molar-refractivity contribution is 5.70. The van der Waals surface area contributed by atoms with E-state index in [2.05, 4.69) is 86.1 Å². The standard InChI is InChI=1S/C110H212N2O11/c1-12-19-47-67-99(68-48-20-13-2)81-90-118-106(113)77-56-40-32-26-30-38-54-72-102(94-117-89-65-88-112-86-62-46-63-87-112)73-55-39-31-27-33-43-59-80-109(116)121-96-105(103(75-52-24-17-6)76-53-25-18-7)98(10)66-64-74-101(71-51-23-16-5)83-92-120-108(115)79-58-42-35-29-37-45-61-85-110(122-95-104(123-110)93-111(11)97(8)9)84-60-44-36-28-34-41-57-78-107(114)119-91-82-100(69-49-21-14-3)70-50-22-15-4/h97-105H,12-96H2,1-11H3. The number of hydrogen-bond acceptors (Lipinski definition) is 13. The van der Waals surface area contributed by atoms with E-state index in [1.54, 1.807) is 0 Å². The van der Waals surface area contributed by atoms with Gasteiger partial charge in [0.2, 0.25) is 0 Å². The van der Waals surface area contributed by atoms with E-state index < -0.39 is 5.79 Å².